The lowest BCUT2D eigenvalue weighted by Crippen LogP contribution is -2.32. The molecule has 20 heavy (non-hydrogen) atoms. The molecule has 1 fully saturated rings. The Morgan fingerprint density at radius 2 is 1.90 bits per heavy atom. The van der Waals surface area contributed by atoms with E-state index >= 15 is 0 Å². The van der Waals surface area contributed by atoms with Crippen LogP contribution in [0.4, 0.5) is 0 Å². The van der Waals surface area contributed by atoms with E-state index in [4.69, 9.17) is 5.73 Å². The predicted molar refractivity (Wildman–Crippen MR) is 82.4 cm³/mol. The number of hydrogen-bond donors (Lipinski definition) is 1. The van der Waals surface area contributed by atoms with Crippen molar-refractivity contribution >= 4 is 5.91 Å². The van der Waals surface area contributed by atoms with Gasteiger partial charge in [0.2, 0.25) is 5.91 Å². The van der Waals surface area contributed by atoms with E-state index in [0.29, 0.717) is 13.0 Å². The second kappa shape index (κ2) is 5.96. The predicted octanol–water partition coefficient (Wildman–Crippen LogP) is 2.77. The summed E-state index contributed by atoms with van der Waals surface area (Å²) in [6, 6.07) is 10.3. The normalized spacial score (nSPS) is 23.1. The van der Waals surface area contributed by atoms with E-state index in [1.807, 2.05) is 23.1 Å². The highest BCUT2D eigenvalue weighted by Crippen LogP contribution is 2.28. The Balaban J connectivity index is 1.95. The van der Waals surface area contributed by atoms with E-state index in [9.17, 15) is 4.79 Å². The van der Waals surface area contributed by atoms with Gasteiger partial charge < -0.3 is 10.6 Å². The Morgan fingerprint density at radius 1 is 1.25 bits per heavy atom. The third-order valence-electron chi connectivity index (χ3n) is 4.03. The molecule has 3 heteroatoms. The molecule has 2 N–H and O–H groups in total. The van der Waals surface area contributed by atoms with Crippen molar-refractivity contribution in [1.82, 2.24) is 4.90 Å². The highest BCUT2D eigenvalue weighted by atomic mass is 16.2. The van der Waals surface area contributed by atoms with E-state index in [-0.39, 0.29) is 23.3 Å². The van der Waals surface area contributed by atoms with Crippen molar-refractivity contribution in [2.24, 2.45) is 11.1 Å². The molecule has 1 aromatic rings. The van der Waals surface area contributed by atoms with Gasteiger partial charge in [0.15, 0.2) is 0 Å². The van der Waals surface area contributed by atoms with Crippen molar-refractivity contribution in [2.45, 2.75) is 45.6 Å². The summed E-state index contributed by atoms with van der Waals surface area (Å²) in [5, 5.41) is 0. The van der Waals surface area contributed by atoms with Crippen LogP contribution in [0, 0.1) is 5.41 Å². The van der Waals surface area contributed by atoms with Crippen LogP contribution in [-0.2, 0) is 4.79 Å². The first-order valence-corrected chi connectivity index (χ1v) is 7.45. The summed E-state index contributed by atoms with van der Waals surface area (Å²) in [5.41, 5.74) is 7.67. The molecule has 2 rings (SSSR count). The molecule has 0 unspecified atom stereocenters. The van der Waals surface area contributed by atoms with E-state index in [1.54, 1.807) is 0 Å². The minimum absolute atomic E-state index is 0.0518. The highest BCUT2D eigenvalue weighted by molar-refractivity contribution is 5.76. The first kappa shape index (κ1) is 15.0. The number of amides is 1. The Bertz CT molecular complexity index is 450. The van der Waals surface area contributed by atoms with Crippen molar-refractivity contribution in [3.8, 4) is 0 Å². The molecule has 0 saturated carbocycles. The number of nitrogens with two attached hydrogens (primary N) is 1. The third-order valence-corrected chi connectivity index (χ3v) is 4.03. The second-order valence-electron chi connectivity index (χ2n) is 7.04. The Hall–Kier alpha value is -1.35. The molecule has 3 nitrogen and oxygen atoms in total. The highest BCUT2D eigenvalue weighted by Gasteiger charge is 2.33. The molecule has 1 aromatic carbocycles. The maximum Gasteiger partial charge on any atom is 0.222 e. The molecular weight excluding hydrogens is 248 g/mol. The fraction of sp³-hybridized carbons (Fsp3) is 0.588. The summed E-state index contributed by atoms with van der Waals surface area (Å²) < 4.78 is 0. The number of benzene rings is 1. The largest absolute Gasteiger partial charge is 0.340 e. The summed E-state index contributed by atoms with van der Waals surface area (Å²) in [4.78, 5) is 14.2. The van der Waals surface area contributed by atoms with Crippen LogP contribution in [0.25, 0.3) is 0 Å². The first-order chi connectivity index (χ1) is 9.37. The SMILES string of the molecule is CC(C)(C)CCC(=O)N1C[C@@H](N)[C@H](c2ccccc2)C1. The van der Waals surface area contributed by atoms with Gasteiger partial charge in [0.1, 0.15) is 0 Å². The Kier molecular flexibility index (Phi) is 4.48. The summed E-state index contributed by atoms with van der Waals surface area (Å²) in [6.07, 6.45) is 1.55. The van der Waals surface area contributed by atoms with Crippen LogP contribution in [0.15, 0.2) is 30.3 Å². The Labute approximate surface area is 122 Å². The fourth-order valence-corrected chi connectivity index (χ4v) is 2.73. The third kappa shape index (κ3) is 3.83. The van der Waals surface area contributed by atoms with Crippen LogP contribution in [0.3, 0.4) is 0 Å². The van der Waals surface area contributed by atoms with Gasteiger partial charge in [-0.15, -0.1) is 0 Å². The molecule has 0 bridgehead atoms. The number of nitrogens with zero attached hydrogens (tertiary/aromatic N) is 1. The summed E-state index contributed by atoms with van der Waals surface area (Å²) in [7, 11) is 0. The van der Waals surface area contributed by atoms with E-state index in [0.717, 1.165) is 13.0 Å². The first-order valence-electron chi connectivity index (χ1n) is 7.45. The average molecular weight is 274 g/mol. The van der Waals surface area contributed by atoms with Crippen molar-refractivity contribution < 1.29 is 4.79 Å². The van der Waals surface area contributed by atoms with E-state index < -0.39 is 0 Å². The summed E-state index contributed by atoms with van der Waals surface area (Å²) >= 11 is 0. The minimum Gasteiger partial charge on any atom is -0.340 e. The van der Waals surface area contributed by atoms with Crippen LogP contribution in [0.5, 0.6) is 0 Å². The van der Waals surface area contributed by atoms with Crippen molar-refractivity contribution in [3.63, 3.8) is 0 Å². The molecule has 0 spiro atoms. The average Bonchev–Trinajstić information content (AvgIpc) is 2.78. The second-order valence-corrected chi connectivity index (χ2v) is 7.04. The van der Waals surface area contributed by atoms with Gasteiger partial charge in [-0.25, -0.2) is 0 Å². The maximum atomic E-state index is 12.3. The molecule has 1 heterocycles. The van der Waals surface area contributed by atoms with Gasteiger partial charge in [-0.05, 0) is 17.4 Å². The molecule has 1 amide bonds. The minimum atomic E-state index is 0.0518. The van der Waals surface area contributed by atoms with Crippen LogP contribution < -0.4 is 5.73 Å². The molecule has 1 saturated heterocycles. The zero-order valence-corrected chi connectivity index (χ0v) is 12.8. The molecule has 110 valence electrons. The van der Waals surface area contributed by atoms with Gasteiger partial charge in [0.05, 0.1) is 0 Å². The number of carbonyl (C=O) groups is 1. The zero-order chi connectivity index (χ0) is 14.8. The molecule has 0 radical (unpaired) electrons. The summed E-state index contributed by atoms with van der Waals surface area (Å²) in [5.74, 6) is 0.517. The lowest BCUT2D eigenvalue weighted by Gasteiger charge is -2.21. The number of likely N-dealkylation sites (tertiary alicyclic amines) is 1. The van der Waals surface area contributed by atoms with Gasteiger partial charge in [-0.1, -0.05) is 51.1 Å². The van der Waals surface area contributed by atoms with Gasteiger partial charge in [0.25, 0.3) is 0 Å². The van der Waals surface area contributed by atoms with Crippen molar-refractivity contribution in [1.29, 1.82) is 0 Å². The van der Waals surface area contributed by atoms with Gasteiger partial charge in [0, 0.05) is 31.5 Å². The lowest BCUT2D eigenvalue weighted by molar-refractivity contribution is -0.130. The van der Waals surface area contributed by atoms with Crippen molar-refractivity contribution in [3.05, 3.63) is 35.9 Å². The van der Waals surface area contributed by atoms with Gasteiger partial charge in [-0.2, -0.15) is 0 Å². The topological polar surface area (TPSA) is 46.3 Å². The number of hydrogen-bond acceptors (Lipinski definition) is 2. The van der Waals surface area contributed by atoms with Crippen LogP contribution in [0.1, 0.15) is 45.1 Å². The van der Waals surface area contributed by atoms with Gasteiger partial charge >= 0.3 is 0 Å². The number of rotatable bonds is 3. The maximum absolute atomic E-state index is 12.3. The monoisotopic (exact) mass is 274 g/mol. The van der Waals surface area contributed by atoms with Crippen LogP contribution in [-0.4, -0.2) is 29.9 Å². The molecule has 0 aliphatic carbocycles. The van der Waals surface area contributed by atoms with Crippen LogP contribution >= 0.6 is 0 Å². The van der Waals surface area contributed by atoms with E-state index in [1.165, 1.54) is 5.56 Å². The quantitative estimate of drug-likeness (QED) is 0.921. The van der Waals surface area contributed by atoms with Crippen LogP contribution in [0.2, 0.25) is 0 Å². The zero-order valence-electron chi connectivity index (χ0n) is 12.8. The van der Waals surface area contributed by atoms with Gasteiger partial charge in [-0.3, -0.25) is 4.79 Å². The fourth-order valence-electron chi connectivity index (χ4n) is 2.73. The smallest absolute Gasteiger partial charge is 0.222 e. The Morgan fingerprint density at radius 3 is 2.50 bits per heavy atom. The van der Waals surface area contributed by atoms with E-state index in [2.05, 4.69) is 32.9 Å². The molecular formula is C17H26N2O. The molecule has 1 aliphatic heterocycles. The lowest BCUT2D eigenvalue weighted by atomic mass is 9.90. The summed E-state index contributed by atoms with van der Waals surface area (Å²) in [6.45, 7) is 7.95. The van der Waals surface area contributed by atoms with Crippen molar-refractivity contribution in [2.75, 3.05) is 13.1 Å². The number of carbonyl (C=O) groups excluding carboxylic acids is 1. The molecule has 1 aliphatic rings. The molecule has 0 aromatic heterocycles. The standard InChI is InChI=1S/C17H26N2O/c1-17(2,3)10-9-16(20)19-11-14(15(18)12-19)13-7-5-4-6-8-13/h4-8,14-15H,9-12,18H2,1-3H3/t14-,15+/m0/s1. The molecule has 2 atom stereocenters.